The molecule has 5 heteroatoms. The first-order valence-corrected chi connectivity index (χ1v) is 5.85. The highest BCUT2D eigenvalue weighted by Gasteiger charge is 2.22. The van der Waals surface area contributed by atoms with Gasteiger partial charge in [0.1, 0.15) is 5.01 Å². The van der Waals surface area contributed by atoms with Gasteiger partial charge in [0.2, 0.25) is 0 Å². The fourth-order valence-corrected chi connectivity index (χ4v) is 1.97. The summed E-state index contributed by atoms with van der Waals surface area (Å²) in [5.74, 6) is -0.911. The normalized spacial score (nSPS) is 12.8. The van der Waals surface area contributed by atoms with Gasteiger partial charge in [0.05, 0.1) is 5.54 Å². The molecule has 0 aliphatic rings. The summed E-state index contributed by atoms with van der Waals surface area (Å²) in [5, 5.41) is 14.8. The summed E-state index contributed by atoms with van der Waals surface area (Å²) in [6.07, 6.45) is 2.98. The Balaban J connectivity index is 2.58. The molecule has 1 heterocycles. The van der Waals surface area contributed by atoms with Crippen LogP contribution in [0.15, 0.2) is 23.2 Å². The van der Waals surface area contributed by atoms with E-state index in [1.54, 1.807) is 24.5 Å². The summed E-state index contributed by atoms with van der Waals surface area (Å²) in [5.41, 5.74) is 0.555. The Labute approximate surface area is 99.0 Å². The van der Waals surface area contributed by atoms with Gasteiger partial charge in [0.25, 0.3) is 0 Å². The smallest absolute Gasteiger partial charge is 0.328 e. The highest BCUT2D eigenvalue weighted by atomic mass is 32.1. The molecule has 1 rings (SSSR count). The lowest BCUT2D eigenvalue weighted by Gasteiger charge is -2.24. The Hall–Kier alpha value is -1.20. The number of carboxylic acids is 1. The number of hydrogen-bond acceptors (Lipinski definition) is 4. The lowest BCUT2D eigenvalue weighted by molar-refractivity contribution is -0.131. The van der Waals surface area contributed by atoms with Crippen LogP contribution in [0.2, 0.25) is 0 Å². The Morgan fingerprint density at radius 1 is 1.69 bits per heavy atom. The molecule has 0 unspecified atom stereocenters. The molecule has 0 radical (unpaired) electrons. The maximum absolute atomic E-state index is 10.4. The summed E-state index contributed by atoms with van der Waals surface area (Å²) in [6.45, 7) is 6.39. The molecule has 2 N–H and O–H groups in total. The van der Waals surface area contributed by atoms with Gasteiger partial charge in [-0.15, -0.1) is 11.3 Å². The summed E-state index contributed by atoms with van der Waals surface area (Å²) >= 11 is 1.59. The van der Waals surface area contributed by atoms with Gasteiger partial charge in [0, 0.05) is 24.2 Å². The standard InChI is InChI=1S/C11H16N2O2S/c1-8(6-9(14)15)7-13-11(2,3)10-12-4-5-16-10/h4-6,13H,7H2,1-3H3,(H,14,15)/b8-6-. The molecule has 0 atom stereocenters. The second kappa shape index (κ2) is 5.23. The molecule has 0 aliphatic carbocycles. The van der Waals surface area contributed by atoms with E-state index in [1.807, 2.05) is 19.2 Å². The van der Waals surface area contributed by atoms with Gasteiger partial charge in [-0.25, -0.2) is 9.78 Å². The van der Waals surface area contributed by atoms with E-state index in [-0.39, 0.29) is 5.54 Å². The van der Waals surface area contributed by atoms with Crippen LogP contribution in [-0.4, -0.2) is 22.6 Å². The van der Waals surface area contributed by atoms with E-state index in [0.717, 1.165) is 10.6 Å². The highest BCUT2D eigenvalue weighted by molar-refractivity contribution is 7.09. The summed E-state index contributed by atoms with van der Waals surface area (Å²) < 4.78 is 0. The average molecular weight is 240 g/mol. The van der Waals surface area contributed by atoms with E-state index < -0.39 is 5.97 Å². The van der Waals surface area contributed by atoms with Gasteiger partial charge >= 0.3 is 5.97 Å². The second-order valence-corrected chi connectivity index (χ2v) is 5.04. The molecule has 0 saturated heterocycles. The Morgan fingerprint density at radius 3 is 2.88 bits per heavy atom. The number of aromatic nitrogens is 1. The van der Waals surface area contributed by atoms with Gasteiger partial charge in [-0.1, -0.05) is 5.57 Å². The molecule has 0 fully saturated rings. The second-order valence-electron chi connectivity index (χ2n) is 4.14. The van der Waals surface area contributed by atoms with Crippen LogP contribution < -0.4 is 5.32 Å². The van der Waals surface area contributed by atoms with E-state index in [1.165, 1.54) is 6.08 Å². The van der Waals surface area contributed by atoms with E-state index >= 15 is 0 Å². The minimum Gasteiger partial charge on any atom is -0.478 e. The maximum atomic E-state index is 10.4. The van der Waals surface area contributed by atoms with Crippen LogP contribution in [0.5, 0.6) is 0 Å². The first-order chi connectivity index (χ1) is 7.42. The van der Waals surface area contributed by atoms with Gasteiger partial charge in [-0.3, -0.25) is 0 Å². The number of nitrogens with zero attached hydrogens (tertiary/aromatic N) is 1. The summed E-state index contributed by atoms with van der Waals surface area (Å²) in [6, 6.07) is 0. The number of thiazole rings is 1. The van der Waals surface area contributed by atoms with Crippen molar-refractivity contribution in [3.8, 4) is 0 Å². The SMILES string of the molecule is C/C(=C/C(=O)O)CNC(C)(C)c1nccs1. The van der Waals surface area contributed by atoms with Crippen molar-refractivity contribution in [2.75, 3.05) is 6.54 Å². The molecule has 0 spiro atoms. The monoisotopic (exact) mass is 240 g/mol. The van der Waals surface area contributed by atoms with Crippen molar-refractivity contribution < 1.29 is 9.90 Å². The predicted molar refractivity (Wildman–Crippen MR) is 64.5 cm³/mol. The Morgan fingerprint density at radius 2 is 2.38 bits per heavy atom. The number of hydrogen-bond donors (Lipinski definition) is 2. The van der Waals surface area contributed by atoms with Crippen LogP contribution in [-0.2, 0) is 10.3 Å². The van der Waals surface area contributed by atoms with Crippen molar-refractivity contribution in [3.63, 3.8) is 0 Å². The molecule has 0 saturated carbocycles. The van der Waals surface area contributed by atoms with Gasteiger partial charge in [-0.05, 0) is 20.8 Å². The van der Waals surface area contributed by atoms with E-state index in [0.29, 0.717) is 6.54 Å². The molecular weight excluding hydrogens is 224 g/mol. The van der Waals surface area contributed by atoms with Gasteiger partial charge in [-0.2, -0.15) is 0 Å². The minimum atomic E-state index is -0.911. The molecule has 0 aromatic carbocycles. The van der Waals surface area contributed by atoms with Crippen molar-refractivity contribution in [1.82, 2.24) is 10.3 Å². The van der Waals surface area contributed by atoms with Crippen LogP contribution in [0.1, 0.15) is 25.8 Å². The quantitative estimate of drug-likeness (QED) is 0.773. The Kier molecular flexibility index (Phi) is 4.20. The molecule has 0 bridgehead atoms. The number of carboxylic acid groups (broad SMARTS) is 1. The van der Waals surface area contributed by atoms with Crippen LogP contribution >= 0.6 is 11.3 Å². The number of carbonyl (C=O) groups is 1. The summed E-state index contributed by atoms with van der Waals surface area (Å²) in [7, 11) is 0. The largest absolute Gasteiger partial charge is 0.478 e. The van der Waals surface area contributed by atoms with Crippen molar-refractivity contribution in [2.24, 2.45) is 0 Å². The lowest BCUT2D eigenvalue weighted by Crippen LogP contribution is -2.37. The van der Waals surface area contributed by atoms with Crippen molar-refractivity contribution in [2.45, 2.75) is 26.3 Å². The van der Waals surface area contributed by atoms with Gasteiger partial charge < -0.3 is 10.4 Å². The van der Waals surface area contributed by atoms with Crippen LogP contribution in [0.4, 0.5) is 0 Å². The van der Waals surface area contributed by atoms with E-state index in [2.05, 4.69) is 10.3 Å². The molecule has 0 aliphatic heterocycles. The van der Waals surface area contributed by atoms with Crippen LogP contribution in [0.25, 0.3) is 0 Å². The minimum absolute atomic E-state index is 0.234. The van der Waals surface area contributed by atoms with Crippen LogP contribution in [0, 0.1) is 0 Å². The Bertz CT molecular complexity index is 383. The highest BCUT2D eigenvalue weighted by Crippen LogP contribution is 2.21. The molecule has 16 heavy (non-hydrogen) atoms. The molecule has 4 nitrogen and oxygen atoms in total. The molecule has 1 aromatic heterocycles. The van der Waals surface area contributed by atoms with E-state index in [9.17, 15) is 4.79 Å². The molecule has 1 aromatic rings. The fourth-order valence-electron chi connectivity index (χ4n) is 1.23. The lowest BCUT2D eigenvalue weighted by atomic mass is 10.1. The summed E-state index contributed by atoms with van der Waals surface area (Å²) in [4.78, 5) is 14.7. The third kappa shape index (κ3) is 3.75. The molecule has 88 valence electrons. The first-order valence-electron chi connectivity index (χ1n) is 4.97. The number of rotatable bonds is 5. The third-order valence-corrected chi connectivity index (χ3v) is 3.24. The average Bonchev–Trinajstić information content (AvgIpc) is 2.67. The predicted octanol–water partition coefficient (Wildman–Crippen LogP) is 2.00. The van der Waals surface area contributed by atoms with Gasteiger partial charge in [0.15, 0.2) is 0 Å². The first kappa shape index (κ1) is 12.9. The van der Waals surface area contributed by atoms with Crippen LogP contribution in [0.3, 0.4) is 0 Å². The fraction of sp³-hybridized carbons (Fsp3) is 0.455. The number of nitrogens with one attached hydrogen (secondary N) is 1. The molecular formula is C11H16N2O2S. The maximum Gasteiger partial charge on any atom is 0.328 e. The molecule has 0 amide bonds. The van der Waals surface area contributed by atoms with E-state index in [4.69, 9.17) is 5.11 Å². The van der Waals surface area contributed by atoms with Crippen molar-refractivity contribution in [1.29, 1.82) is 0 Å². The topological polar surface area (TPSA) is 62.2 Å². The third-order valence-electron chi connectivity index (χ3n) is 2.15. The zero-order valence-corrected chi connectivity index (χ0v) is 10.5. The number of aliphatic carboxylic acids is 1. The van der Waals surface area contributed by atoms with Crippen molar-refractivity contribution in [3.05, 3.63) is 28.2 Å². The van der Waals surface area contributed by atoms with Crippen molar-refractivity contribution >= 4 is 17.3 Å². The zero-order valence-electron chi connectivity index (χ0n) is 9.65. The zero-order chi connectivity index (χ0) is 12.2.